The van der Waals surface area contributed by atoms with Gasteiger partial charge in [0.1, 0.15) is 0 Å². The molecule has 2 rings (SSSR count). The number of rotatable bonds is 5. The fourth-order valence-corrected chi connectivity index (χ4v) is 4.16. The van der Waals surface area contributed by atoms with Crippen molar-refractivity contribution in [3.8, 4) is 0 Å². The lowest BCUT2D eigenvalue weighted by Crippen LogP contribution is -2.51. The first-order chi connectivity index (χ1) is 9.95. The van der Waals surface area contributed by atoms with E-state index in [1.165, 1.54) is 25.7 Å². The minimum atomic E-state index is -0.247. The molecule has 0 radical (unpaired) electrons. The molecular weight excluding hydrogens is 262 g/mol. The Balaban J connectivity index is 2.05. The van der Waals surface area contributed by atoms with Crippen molar-refractivity contribution >= 4 is 5.91 Å². The highest BCUT2D eigenvalue weighted by Gasteiger charge is 2.40. The lowest BCUT2D eigenvalue weighted by molar-refractivity contribution is -0.133. The molecule has 2 N–H and O–H groups in total. The Labute approximate surface area is 130 Å². The Hall–Kier alpha value is -0.610. The predicted octanol–water partition coefficient (Wildman–Crippen LogP) is 2.22. The summed E-state index contributed by atoms with van der Waals surface area (Å²) in [7, 11) is 2.25. The average Bonchev–Trinajstić information content (AvgIpc) is 2.78. The average molecular weight is 295 g/mol. The van der Waals surface area contributed by atoms with Crippen LogP contribution in [0.3, 0.4) is 0 Å². The fourth-order valence-electron chi connectivity index (χ4n) is 4.16. The van der Waals surface area contributed by atoms with E-state index in [4.69, 9.17) is 5.73 Å². The molecule has 2 unspecified atom stereocenters. The van der Waals surface area contributed by atoms with Gasteiger partial charge in [0.2, 0.25) is 5.91 Å². The molecule has 4 atom stereocenters. The van der Waals surface area contributed by atoms with Gasteiger partial charge in [-0.15, -0.1) is 0 Å². The van der Waals surface area contributed by atoms with E-state index in [1.807, 2.05) is 0 Å². The van der Waals surface area contributed by atoms with Crippen molar-refractivity contribution in [2.24, 2.45) is 11.7 Å². The second-order valence-electron chi connectivity index (χ2n) is 7.27. The van der Waals surface area contributed by atoms with Crippen molar-refractivity contribution in [1.82, 2.24) is 9.80 Å². The Kier molecular flexibility index (Phi) is 5.67. The van der Waals surface area contributed by atoms with Gasteiger partial charge in [-0.1, -0.05) is 13.3 Å². The standard InChI is InChI=1S/C17H33N3O/c1-5-6-13-11-14(19(4)12(2)3)7-8-16(13)20-10-9-15(18)17(20)21/h12-16H,5-11,18H2,1-4H3/t13-,14?,15?,16+/m1/s1. The molecule has 0 spiro atoms. The summed E-state index contributed by atoms with van der Waals surface area (Å²) >= 11 is 0. The highest BCUT2D eigenvalue weighted by atomic mass is 16.2. The smallest absolute Gasteiger partial charge is 0.239 e. The molecule has 0 aromatic heterocycles. The molecule has 1 saturated heterocycles. The van der Waals surface area contributed by atoms with Crippen LogP contribution in [-0.2, 0) is 4.79 Å². The number of hydrogen-bond donors (Lipinski definition) is 1. The second-order valence-corrected chi connectivity index (χ2v) is 7.27. The molecule has 0 aromatic carbocycles. The van der Waals surface area contributed by atoms with Crippen LogP contribution < -0.4 is 5.73 Å². The Morgan fingerprint density at radius 1 is 1.33 bits per heavy atom. The number of carbonyl (C=O) groups is 1. The van der Waals surface area contributed by atoms with Gasteiger partial charge in [0.05, 0.1) is 6.04 Å². The minimum absolute atomic E-state index is 0.191. The summed E-state index contributed by atoms with van der Waals surface area (Å²) in [5.41, 5.74) is 5.91. The molecule has 2 fully saturated rings. The van der Waals surface area contributed by atoms with E-state index in [1.54, 1.807) is 0 Å². The van der Waals surface area contributed by atoms with Crippen molar-refractivity contribution in [2.75, 3.05) is 13.6 Å². The SMILES string of the molecule is CCC[C@@H]1CC(N(C)C(C)C)CC[C@@H]1N1CCC(N)C1=O. The van der Waals surface area contributed by atoms with Crippen LogP contribution in [0.4, 0.5) is 0 Å². The number of carbonyl (C=O) groups excluding carboxylic acids is 1. The monoisotopic (exact) mass is 295 g/mol. The van der Waals surface area contributed by atoms with Gasteiger partial charge < -0.3 is 15.5 Å². The van der Waals surface area contributed by atoms with Gasteiger partial charge >= 0.3 is 0 Å². The summed E-state index contributed by atoms with van der Waals surface area (Å²) in [6.07, 6.45) is 6.85. The predicted molar refractivity (Wildman–Crippen MR) is 87.0 cm³/mol. The van der Waals surface area contributed by atoms with E-state index in [2.05, 4.69) is 37.6 Å². The van der Waals surface area contributed by atoms with E-state index in [-0.39, 0.29) is 11.9 Å². The number of nitrogens with two attached hydrogens (primary N) is 1. The van der Waals surface area contributed by atoms with Gasteiger partial charge in [-0.3, -0.25) is 4.79 Å². The maximum Gasteiger partial charge on any atom is 0.239 e. The van der Waals surface area contributed by atoms with Gasteiger partial charge in [-0.25, -0.2) is 0 Å². The van der Waals surface area contributed by atoms with Gasteiger partial charge in [0, 0.05) is 24.7 Å². The summed E-state index contributed by atoms with van der Waals surface area (Å²) in [4.78, 5) is 16.9. The maximum absolute atomic E-state index is 12.3. The molecule has 0 aromatic rings. The van der Waals surface area contributed by atoms with Crippen LogP contribution in [0.1, 0.15) is 59.3 Å². The van der Waals surface area contributed by atoms with E-state index in [0.29, 0.717) is 24.0 Å². The summed E-state index contributed by atoms with van der Waals surface area (Å²) in [6.45, 7) is 7.66. The van der Waals surface area contributed by atoms with Crippen molar-refractivity contribution < 1.29 is 4.79 Å². The van der Waals surface area contributed by atoms with Crippen molar-refractivity contribution in [2.45, 2.75) is 83.5 Å². The molecule has 4 nitrogen and oxygen atoms in total. The van der Waals surface area contributed by atoms with Crippen LogP contribution in [0.5, 0.6) is 0 Å². The summed E-state index contributed by atoms with van der Waals surface area (Å²) in [5.74, 6) is 0.834. The van der Waals surface area contributed by atoms with E-state index < -0.39 is 0 Å². The Bertz CT molecular complexity index is 358. The quantitative estimate of drug-likeness (QED) is 0.846. The van der Waals surface area contributed by atoms with E-state index in [0.717, 1.165) is 19.4 Å². The molecule has 2 aliphatic rings. The third-order valence-corrected chi connectivity index (χ3v) is 5.65. The minimum Gasteiger partial charge on any atom is -0.338 e. The first-order valence-electron chi connectivity index (χ1n) is 8.73. The lowest BCUT2D eigenvalue weighted by Gasteiger charge is -2.44. The van der Waals surface area contributed by atoms with Crippen LogP contribution in [0, 0.1) is 5.92 Å². The summed E-state index contributed by atoms with van der Waals surface area (Å²) in [6, 6.07) is 1.45. The molecule has 1 aliphatic heterocycles. The number of nitrogens with zero attached hydrogens (tertiary/aromatic N) is 2. The summed E-state index contributed by atoms with van der Waals surface area (Å²) < 4.78 is 0. The molecular formula is C17H33N3O. The van der Waals surface area contributed by atoms with E-state index >= 15 is 0 Å². The third kappa shape index (κ3) is 3.59. The second kappa shape index (κ2) is 7.10. The fraction of sp³-hybridized carbons (Fsp3) is 0.941. The van der Waals surface area contributed by atoms with Crippen molar-refractivity contribution in [3.05, 3.63) is 0 Å². The molecule has 1 aliphatic carbocycles. The van der Waals surface area contributed by atoms with Gasteiger partial charge in [0.15, 0.2) is 0 Å². The molecule has 1 amide bonds. The highest BCUT2D eigenvalue weighted by Crippen LogP contribution is 2.36. The van der Waals surface area contributed by atoms with E-state index in [9.17, 15) is 4.79 Å². The van der Waals surface area contributed by atoms with Crippen LogP contribution in [0.25, 0.3) is 0 Å². The molecule has 0 bridgehead atoms. The van der Waals surface area contributed by atoms with Gasteiger partial charge in [-0.2, -0.15) is 0 Å². The van der Waals surface area contributed by atoms with Crippen LogP contribution in [0.2, 0.25) is 0 Å². The molecule has 21 heavy (non-hydrogen) atoms. The van der Waals surface area contributed by atoms with Crippen LogP contribution >= 0.6 is 0 Å². The summed E-state index contributed by atoms with van der Waals surface area (Å²) in [5, 5.41) is 0. The van der Waals surface area contributed by atoms with Crippen molar-refractivity contribution in [3.63, 3.8) is 0 Å². The Morgan fingerprint density at radius 3 is 2.57 bits per heavy atom. The number of hydrogen-bond acceptors (Lipinski definition) is 3. The third-order valence-electron chi connectivity index (χ3n) is 5.65. The molecule has 122 valence electrons. The van der Waals surface area contributed by atoms with Crippen molar-refractivity contribution in [1.29, 1.82) is 0 Å². The topological polar surface area (TPSA) is 49.6 Å². The van der Waals surface area contributed by atoms with Crippen LogP contribution in [0.15, 0.2) is 0 Å². The zero-order valence-electron chi connectivity index (χ0n) is 14.2. The van der Waals surface area contributed by atoms with Gasteiger partial charge in [0.25, 0.3) is 0 Å². The zero-order chi connectivity index (χ0) is 15.6. The largest absolute Gasteiger partial charge is 0.338 e. The zero-order valence-corrected chi connectivity index (χ0v) is 14.2. The first kappa shape index (κ1) is 16.8. The number of likely N-dealkylation sites (tertiary alicyclic amines) is 1. The highest BCUT2D eigenvalue weighted by molar-refractivity contribution is 5.84. The Morgan fingerprint density at radius 2 is 2.05 bits per heavy atom. The van der Waals surface area contributed by atoms with Gasteiger partial charge in [-0.05, 0) is 58.9 Å². The number of amides is 1. The molecule has 1 saturated carbocycles. The maximum atomic E-state index is 12.3. The van der Waals surface area contributed by atoms with Crippen LogP contribution in [-0.4, -0.2) is 53.5 Å². The lowest BCUT2D eigenvalue weighted by atomic mass is 9.77. The normalized spacial score (nSPS) is 34.2. The molecule has 4 heteroatoms. The molecule has 1 heterocycles. The first-order valence-corrected chi connectivity index (χ1v) is 8.73.